The topological polar surface area (TPSA) is 78.0 Å². The van der Waals surface area contributed by atoms with Gasteiger partial charge in [0.25, 0.3) is 5.91 Å². The lowest BCUT2D eigenvalue weighted by molar-refractivity contribution is -0.116. The number of para-hydroxylation sites is 1. The Balaban J connectivity index is 1.45. The van der Waals surface area contributed by atoms with Gasteiger partial charge in [-0.2, -0.15) is 4.31 Å². The van der Waals surface area contributed by atoms with E-state index in [1.807, 2.05) is 6.07 Å². The number of rotatable bonds is 4. The van der Waals surface area contributed by atoms with Gasteiger partial charge in [-0.05, 0) is 37.1 Å². The summed E-state index contributed by atoms with van der Waals surface area (Å²) in [6.45, 7) is 0.681. The summed E-state index contributed by atoms with van der Waals surface area (Å²) in [6, 6.07) is 16.7. The largest absolute Gasteiger partial charge is 0.332 e. The molecule has 0 unspecified atom stereocenters. The Labute approximate surface area is 164 Å². The van der Waals surface area contributed by atoms with Crippen LogP contribution < -0.4 is 4.90 Å². The minimum Gasteiger partial charge on any atom is -0.312 e. The van der Waals surface area contributed by atoms with Gasteiger partial charge in [-0.25, -0.2) is 18.1 Å². The van der Waals surface area contributed by atoms with E-state index >= 15 is 0 Å². The number of sulfonamides is 1. The highest BCUT2D eigenvalue weighted by Gasteiger charge is 2.42. The first-order valence-electron chi connectivity index (χ1n) is 9.22. The standard InChI is InChI=1S/C20H21N3O4S/c24-19-15-22(20(25)23(19)17-7-3-1-4-8-17)16-11-13-21(14-12-16)28(26,27)18-9-5-2-6-10-18/h1-10,16H,11-15H2. The monoisotopic (exact) mass is 399 g/mol. The highest BCUT2D eigenvalue weighted by atomic mass is 32.2. The fourth-order valence-corrected chi connectivity index (χ4v) is 5.26. The van der Waals surface area contributed by atoms with Gasteiger partial charge in [0.05, 0.1) is 10.6 Å². The van der Waals surface area contributed by atoms with Gasteiger partial charge in [-0.15, -0.1) is 0 Å². The average molecular weight is 399 g/mol. The van der Waals surface area contributed by atoms with Crippen molar-refractivity contribution in [3.63, 3.8) is 0 Å². The Bertz CT molecular complexity index is 971. The summed E-state index contributed by atoms with van der Waals surface area (Å²) in [5, 5.41) is 0. The molecule has 2 aliphatic heterocycles. The van der Waals surface area contributed by atoms with Crippen molar-refractivity contribution in [1.82, 2.24) is 9.21 Å². The minimum atomic E-state index is -3.53. The number of carbonyl (C=O) groups is 2. The van der Waals surface area contributed by atoms with Crippen molar-refractivity contribution in [2.45, 2.75) is 23.8 Å². The van der Waals surface area contributed by atoms with E-state index < -0.39 is 10.0 Å². The Morgan fingerprint density at radius 3 is 2.00 bits per heavy atom. The SMILES string of the molecule is O=C1CN(C2CCN(S(=O)(=O)c3ccccc3)CC2)C(=O)N1c1ccccc1. The van der Waals surface area contributed by atoms with Crippen LogP contribution in [0.3, 0.4) is 0 Å². The molecule has 0 saturated carbocycles. The molecule has 2 aliphatic rings. The zero-order valence-corrected chi connectivity index (χ0v) is 16.1. The second-order valence-corrected chi connectivity index (χ2v) is 8.86. The number of hydrogen-bond donors (Lipinski definition) is 0. The lowest BCUT2D eigenvalue weighted by Crippen LogP contribution is -2.48. The summed E-state index contributed by atoms with van der Waals surface area (Å²) < 4.78 is 27.0. The van der Waals surface area contributed by atoms with Crippen molar-refractivity contribution in [3.05, 3.63) is 60.7 Å². The maximum Gasteiger partial charge on any atom is 0.332 e. The van der Waals surface area contributed by atoms with Gasteiger partial charge in [-0.1, -0.05) is 36.4 Å². The highest BCUT2D eigenvalue weighted by Crippen LogP contribution is 2.28. The molecule has 8 heteroatoms. The quantitative estimate of drug-likeness (QED) is 0.739. The first-order chi connectivity index (χ1) is 13.5. The maximum atomic E-state index is 12.8. The van der Waals surface area contributed by atoms with Gasteiger partial charge in [-0.3, -0.25) is 4.79 Å². The van der Waals surface area contributed by atoms with Crippen LogP contribution in [0.25, 0.3) is 0 Å². The third-order valence-corrected chi connectivity index (χ3v) is 7.16. The number of anilines is 1. The predicted molar refractivity (Wildman–Crippen MR) is 104 cm³/mol. The lowest BCUT2D eigenvalue weighted by Gasteiger charge is -2.35. The number of carbonyl (C=O) groups excluding carboxylic acids is 2. The molecule has 146 valence electrons. The molecule has 0 spiro atoms. The lowest BCUT2D eigenvalue weighted by atomic mass is 10.1. The summed E-state index contributed by atoms with van der Waals surface area (Å²) in [6.07, 6.45) is 1.02. The average Bonchev–Trinajstić information content (AvgIpc) is 3.03. The molecular weight excluding hydrogens is 378 g/mol. The Hall–Kier alpha value is -2.71. The third kappa shape index (κ3) is 3.29. The van der Waals surface area contributed by atoms with Crippen LogP contribution in [0.5, 0.6) is 0 Å². The number of hydrogen-bond acceptors (Lipinski definition) is 4. The molecule has 4 rings (SSSR count). The second kappa shape index (κ2) is 7.37. The van der Waals surface area contributed by atoms with Crippen molar-refractivity contribution in [3.8, 4) is 0 Å². The van der Waals surface area contributed by atoms with Crippen LogP contribution in [-0.4, -0.2) is 55.2 Å². The molecule has 0 atom stereocenters. The molecule has 2 aromatic carbocycles. The molecule has 7 nitrogen and oxygen atoms in total. The predicted octanol–water partition coefficient (Wildman–Crippen LogP) is 2.31. The van der Waals surface area contributed by atoms with Crippen LogP contribution in [0.1, 0.15) is 12.8 Å². The first kappa shape index (κ1) is 18.6. The zero-order chi connectivity index (χ0) is 19.7. The van der Waals surface area contributed by atoms with Crippen molar-refractivity contribution >= 4 is 27.6 Å². The summed E-state index contributed by atoms with van der Waals surface area (Å²) in [5.41, 5.74) is 0.559. The Kier molecular flexibility index (Phi) is 4.91. The summed E-state index contributed by atoms with van der Waals surface area (Å²) >= 11 is 0. The van der Waals surface area contributed by atoms with Gasteiger partial charge in [0.1, 0.15) is 6.54 Å². The van der Waals surface area contributed by atoms with E-state index in [-0.39, 0.29) is 29.4 Å². The van der Waals surface area contributed by atoms with E-state index in [1.54, 1.807) is 59.5 Å². The first-order valence-corrected chi connectivity index (χ1v) is 10.7. The molecule has 0 radical (unpaired) electrons. The smallest absolute Gasteiger partial charge is 0.312 e. The van der Waals surface area contributed by atoms with E-state index in [4.69, 9.17) is 0 Å². The van der Waals surface area contributed by atoms with Crippen molar-refractivity contribution < 1.29 is 18.0 Å². The zero-order valence-electron chi connectivity index (χ0n) is 15.3. The molecule has 3 amide bonds. The highest BCUT2D eigenvalue weighted by molar-refractivity contribution is 7.89. The van der Waals surface area contributed by atoms with Gasteiger partial charge >= 0.3 is 6.03 Å². The van der Waals surface area contributed by atoms with Crippen LogP contribution in [0.4, 0.5) is 10.5 Å². The molecule has 2 saturated heterocycles. The molecule has 2 aromatic rings. The van der Waals surface area contributed by atoms with Crippen molar-refractivity contribution in [2.75, 3.05) is 24.5 Å². The van der Waals surface area contributed by atoms with E-state index in [9.17, 15) is 18.0 Å². The van der Waals surface area contributed by atoms with E-state index in [2.05, 4.69) is 0 Å². The molecule has 0 bridgehead atoms. The van der Waals surface area contributed by atoms with Crippen molar-refractivity contribution in [1.29, 1.82) is 0 Å². The molecule has 28 heavy (non-hydrogen) atoms. The number of urea groups is 1. The fourth-order valence-electron chi connectivity index (χ4n) is 3.77. The summed E-state index contributed by atoms with van der Waals surface area (Å²) in [5.74, 6) is -0.254. The summed E-state index contributed by atoms with van der Waals surface area (Å²) in [7, 11) is -3.53. The fraction of sp³-hybridized carbons (Fsp3) is 0.300. The molecule has 0 aromatic heterocycles. The van der Waals surface area contributed by atoms with Gasteiger partial charge in [0, 0.05) is 19.1 Å². The van der Waals surface area contributed by atoms with Crippen LogP contribution in [0.2, 0.25) is 0 Å². The van der Waals surface area contributed by atoms with E-state index in [0.29, 0.717) is 31.6 Å². The van der Waals surface area contributed by atoms with Gasteiger partial charge in [0.15, 0.2) is 0 Å². The molecule has 0 aliphatic carbocycles. The number of imide groups is 1. The third-order valence-electron chi connectivity index (χ3n) is 5.25. The second-order valence-electron chi connectivity index (χ2n) is 6.92. The van der Waals surface area contributed by atoms with Crippen LogP contribution >= 0.6 is 0 Å². The minimum absolute atomic E-state index is 0.0316. The van der Waals surface area contributed by atoms with Crippen molar-refractivity contribution in [2.24, 2.45) is 0 Å². The maximum absolute atomic E-state index is 12.8. The summed E-state index contributed by atoms with van der Waals surface area (Å²) in [4.78, 5) is 28.3. The normalized spacial score (nSPS) is 19.4. The van der Waals surface area contributed by atoms with Crippen LogP contribution in [0, 0.1) is 0 Å². The Morgan fingerprint density at radius 1 is 0.821 bits per heavy atom. The van der Waals surface area contributed by atoms with Gasteiger partial charge in [0.2, 0.25) is 10.0 Å². The van der Waals surface area contributed by atoms with Crippen LogP contribution in [-0.2, 0) is 14.8 Å². The van der Waals surface area contributed by atoms with E-state index in [1.165, 1.54) is 9.21 Å². The number of benzene rings is 2. The van der Waals surface area contributed by atoms with E-state index in [0.717, 1.165) is 0 Å². The molecule has 0 N–H and O–H groups in total. The van der Waals surface area contributed by atoms with Gasteiger partial charge < -0.3 is 4.90 Å². The van der Waals surface area contributed by atoms with Crippen LogP contribution in [0.15, 0.2) is 65.6 Å². The molecule has 2 fully saturated rings. The number of nitrogens with zero attached hydrogens (tertiary/aromatic N) is 3. The number of amides is 3. The number of piperidine rings is 1. The molecular formula is C20H21N3O4S. The Morgan fingerprint density at radius 2 is 1.39 bits per heavy atom. The molecule has 2 heterocycles.